The molecule has 1 saturated heterocycles. The molecule has 2 amide bonds. The molecule has 0 bridgehead atoms. The molecule has 0 saturated carbocycles. The lowest BCUT2D eigenvalue weighted by Gasteiger charge is -2.32. The molecule has 1 aromatic heterocycles. The minimum atomic E-state index is -0.659. The second kappa shape index (κ2) is 8.33. The van der Waals surface area contributed by atoms with Gasteiger partial charge in [0.15, 0.2) is 17.2 Å². The molecule has 0 atom stereocenters. The number of carbonyl (C=O) groups excluding carboxylic acids is 2. The summed E-state index contributed by atoms with van der Waals surface area (Å²) in [5.74, 6) is -2.33. The number of likely N-dealkylation sites (tertiary alicyclic amines) is 1. The van der Waals surface area contributed by atoms with Gasteiger partial charge in [-0.15, -0.1) is 0 Å². The lowest BCUT2D eigenvalue weighted by Crippen LogP contribution is -2.46. The number of nitrogens with one attached hydrogen (secondary N) is 1. The number of piperidine rings is 1. The highest BCUT2D eigenvalue weighted by molar-refractivity contribution is 5.97. The predicted molar refractivity (Wildman–Crippen MR) is 117 cm³/mol. The topological polar surface area (TPSA) is 136 Å². The van der Waals surface area contributed by atoms with Crippen LogP contribution in [0.4, 0.5) is 0 Å². The van der Waals surface area contributed by atoms with E-state index in [1.54, 1.807) is 23.1 Å². The molecule has 0 radical (unpaired) electrons. The molecule has 4 rings (SSSR count). The first-order valence-corrected chi connectivity index (χ1v) is 10.3. The fourth-order valence-corrected chi connectivity index (χ4v) is 3.78. The number of aromatic hydroxyl groups is 3. The number of nitrogens with zero attached hydrogens (tertiary/aromatic N) is 3. The van der Waals surface area contributed by atoms with Crippen LogP contribution in [0.15, 0.2) is 30.3 Å². The lowest BCUT2D eigenvalue weighted by atomic mass is 10.0. The Morgan fingerprint density at radius 3 is 2.12 bits per heavy atom. The summed E-state index contributed by atoms with van der Waals surface area (Å²) in [6.07, 6.45) is 1.14. The molecule has 0 unspecified atom stereocenters. The first kappa shape index (κ1) is 21.4. The van der Waals surface area contributed by atoms with Crippen molar-refractivity contribution in [3.63, 3.8) is 0 Å². The smallest absolute Gasteiger partial charge is 0.254 e. The summed E-state index contributed by atoms with van der Waals surface area (Å²) in [5.41, 5.74) is 3.67. The Hall–Kier alpha value is -3.88. The number of phenols is 3. The molecule has 3 aromatic rings. The van der Waals surface area contributed by atoms with Crippen molar-refractivity contribution in [1.82, 2.24) is 20.2 Å². The van der Waals surface area contributed by atoms with Gasteiger partial charge in [0.2, 0.25) is 0 Å². The zero-order valence-corrected chi connectivity index (χ0v) is 17.8. The summed E-state index contributed by atoms with van der Waals surface area (Å²) in [5, 5.41) is 31.7. The van der Waals surface area contributed by atoms with E-state index in [-0.39, 0.29) is 23.4 Å². The van der Waals surface area contributed by atoms with Crippen LogP contribution in [0.25, 0.3) is 11.0 Å². The zero-order chi connectivity index (χ0) is 23.0. The molecule has 166 valence electrons. The van der Waals surface area contributed by atoms with E-state index in [1.807, 2.05) is 13.8 Å². The van der Waals surface area contributed by atoms with Crippen LogP contribution >= 0.6 is 0 Å². The van der Waals surface area contributed by atoms with Crippen molar-refractivity contribution in [3.8, 4) is 17.2 Å². The molecular formula is C23H24N4O5. The van der Waals surface area contributed by atoms with Gasteiger partial charge >= 0.3 is 0 Å². The van der Waals surface area contributed by atoms with Gasteiger partial charge in [0.05, 0.1) is 22.4 Å². The number of fused-ring (bicyclic) bond motifs is 1. The number of aryl methyl sites for hydroxylation is 2. The predicted octanol–water partition coefficient (Wildman–Crippen LogP) is 2.40. The largest absolute Gasteiger partial charge is 0.504 e. The summed E-state index contributed by atoms with van der Waals surface area (Å²) in [6.45, 7) is 4.60. The number of phenolic OH excluding ortho intramolecular Hbond substituents is 3. The van der Waals surface area contributed by atoms with Crippen LogP contribution in [-0.4, -0.2) is 61.1 Å². The normalized spacial score (nSPS) is 14.5. The quantitative estimate of drug-likeness (QED) is 0.463. The monoisotopic (exact) mass is 436 g/mol. The average Bonchev–Trinajstić information content (AvgIpc) is 2.77. The molecular weight excluding hydrogens is 412 g/mol. The van der Waals surface area contributed by atoms with E-state index in [0.29, 0.717) is 37.0 Å². The summed E-state index contributed by atoms with van der Waals surface area (Å²) in [7, 11) is 0. The number of aromatic nitrogens is 2. The molecule has 1 aliphatic heterocycles. The third-order valence-corrected chi connectivity index (χ3v) is 5.77. The molecule has 2 aromatic carbocycles. The second-order valence-corrected chi connectivity index (χ2v) is 8.00. The number of carbonyl (C=O) groups is 2. The summed E-state index contributed by atoms with van der Waals surface area (Å²) in [4.78, 5) is 36.0. The lowest BCUT2D eigenvalue weighted by molar-refractivity contribution is 0.0697. The van der Waals surface area contributed by atoms with E-state index in [9.17, 15) is 24.9 Å². The molecule has 4 N–H and O–H groups in total. The highest BCUT2D eigenvalue weighted by Gasteiger charge is 2.26. The Bertz CT molecular complexity index is 1200. The fraction of sp³-hybridized carbons (Fsp3) is 0.304. The second-order valence-electron chi connectivity index (χ2n) is 8.00. The highest BCUT2D eigenvalue weighted by Crippen LogP contribution is 2.35. The van der Waals surface area contributed by atoms with Crippen LogP contribution in [0.2, 0.25) is 0 Å². The zero-order valence-electron chi connectivity index (χ0n) is 17.8. The Labute approximate surface area is 184 Å². The van der Waals surface area contributed by atoms with Crippen molar-refractivity contribution in [2.24, 2.45) is 0 Å². The van der Waals surface area contributed by atoms with Gasteiger partial charge in [-0.25, -0.2) is 9.97 Å². The third kappa shape index (κ3) is 4.14. The Morgan fingerprint density at radius 2 is 1.50 bits per heavy atom. The Kier molecular flexibility index (Phi) is 5.56. The van der Waals surface area contributed by atoms with Gasteiger partial charge in [-0.1, -0.05) is 0 Å². The molecule has 1 aliphatic rings. The molecule has 2 heterocycles. The maximum absolute atomic E-state index is 12.7. The molecule has 9 heteroatoms. The summed E-state index contributed by atoms with van der Waals surface area (Å²) in [6, 6.07) is 7.40. The van der Waals surface area contributed by atoms with E-state index < -0.39 is 17.2 Å². The van der Waals surface area contributed by atoms with Crippen molar-refractivity contribution in [3.05, 3.63) is 52.8 Å². The van der Waals surface area contributed by atoms with Gasteiger partial charge < -0.3 is 25.5 Å². The van der Waals surface area contributed by atoms with Crippen LogP contribution < -0.4 is 5.32 Å². The van der Waals surface area contributed by atoms with Crippen LogP contribution in [0.1, 0.15) is 44.9 Å². The van der Waals surface area contributed by atoms with Crippen LogP contribution in [0.5, 0.6) is 17.2 Å². The number of rotatable bonds is 3. The maximum Gasteiger partial charge on any atom is 0.254 e. The van der Waals surface area contributed by atoms with Crippen molar-refractivity contribution in [1.29, 1.82) is 0 Å². The van der Waals surface area contributed by atoms with E-state index >= 15 is 0 Å². The minimum Gasteiger partial charge on any atom is -0.504 e. The molecule has 32 heavy (non-hydrogen) atoms. The van der Waals surface area contributed by atoms with Crippen LogP contribution in [0.3, 0.4) is 0 Å². The van der Waals surface area contributed by atoms with Gasteiger partial charge in [-0.3, -0.25) is 9.59 Å². The Balaban J connectivity index is 1.38. The van der Waals surface area contributed by atoms with Gasteiger partial charge in [0, 0.05) is 30.3 Å². The average molecular weight is 436 g/mol. The van der Waals surface area contributed by atoms with Gasteiger partial charge in [-0.2, -0.15) is 0 Å². The standard InChI is InChI=1S/C23H24N4O5/c1-12-13(2)25-18-9-14(3-4-17(18)24-12)22(31)26-16-5-7-27(8-6-16)23(32)15-10-19(28)21(30)20(29)11-15/h3-4,9-11,16,28-30H,5-8H2,1-2H3,(H,26,31). The molecule has 0 aliphatic carbocycles. The number of hydrogen-bond acceptors (Lipinski definition) is 7. The molecule has 0 spiro atoms. The van der Waals surface area contributed by atoms with E-state index in [4.69, 9.17) is 0 Å². The third-order valence-electron chi connectivity index (χ3n) is 5.77. The van der Waals surface area contributed by atoms with Crippen molar-refractivity contribution < 1.29 is 24.9 Å². The fourth-order valence-electron chi connectivity index (χ4n) is 3.78. The number of hydrogen-bond donors (Lipinski definition) is 4. The van der Waals surface area contributed by atoms with Crippen molar-refractivity contribution in [2.75, 3.05) is 13.1 Å². The Morgan fingerprint density at radius 1 is 0.906 bits per heavy atom. The molecule has 1 fully saturated rings. The number of benzene rings is 2. The van der Waals surface area contributed by atoms with Gasteiger partial charge in [0.1, 0.15) is 0 Å². The van der Waals surface area contributed by atoms with Gasteiger partial charge in [0.25, 0.3) is 11.8 Å². The van der Waals surface area contributed by atoms with E-state index in [2.05, 4.69) is 15.3 Å². The first-order chi connectivity index (χ1) is 15.2. The summed E-state index contributed by atoms with van der Waals surface area (Å²) >= 11 is 0. The minimum absolute atomic E-state index is 0.0862. The maximum atomic E-state index is 12.7. The van der Waals surface area contributed by atoms with E-state index in [0.717, 1.165) is 29.0 Å². The van der Waals surface area contributed by atoms with E-state index in [1.165, 1.54) is 0 Å². The highest BCUT2D eigenvalue weighted by atomic mass is 16.3. The molecule has 9 nitrogen and oxygen atoms in total. The van der Waals surface area contributed by atoms with Gasteiger partial charge in [-0.05, 0) is 57.0 Å². The summed E-state index contributed by atoms with van der Waals surface area (Å²) < 4.78 is 0. The van der Waals surface area contributed by atoms with Crippen molar-refractivity contribution >= 4 is 22.8 Å². The van der Waals surface area contributed by atoms with Crippen LogP contribution in [-0.2, 0) is 0 Å². The SMILES string of the molecule is Cc1nc2ccc(C(=O)NC3CCN(C(=O)c4cc(O)c(O)c(O)c4)CC3)cc2nc1C. The van der Waals surface area contributed by atoms with Crippen molar-refractivity contribution in [2.45, 2.75) is 32.7 Å². The number of amides is 2. The first-order valence-electron chi connectivity index (χ1n) is 10.3. The van der Waals surface area contributed by atoms with Crippen LogP contribution in [0, 0.1) is 13.8 Å².